The Bertz CT molecular complexity index is 504. The van der Waals surface area contributed by atoms with E-state index in [-0.39, 0.29) is 6.01 Å². The molecule has 0 aliphatic heterocycles. The predicted molar refractivity (Wildman–Crippen MR) is 60.6 cm³/mol. The minimum atomic E-state index is -0.515. The maximum Gasteiger partial charge on any atom is 0.322 e. The van der Waals surface area contributed by atoms with E-state index in [4.69, 9.17) is 10.5 Å². The second kappa shape index (κ2) is 4.44. The van der Waals surface area contributed by atoms with E-state index in [1.807, 2.05) is 0 Å². The molecule has 0 unspecified atom stereocenters. The highest BCUT2D eigenvalue weighted by Gasteiger charge is 2.05. The van der Waals surface area contributed by atoms with Crippen molar-refractivity contribution in [3.63, 3.8) is 0 Å². The van der Waals surface area contributed by atoms with Gasteiger partial charge in [0.1, 0.15) is 5.75 Å². The molecule has 2 aromatic rings. The van der Waals surface area contributed by atoms with Crippen LogP contribution in [0, 0.1) is 5.82 Å². The van der Waals surface area contributed by atoms with Gasteiger partial charge in [0.2, 0.25) is 0 Å². The van der Waals surface area contributed by atoms with Crippen LogP contribution in [0.4, 0.5) is 10.1 Å². The van der Waals surface area contributed by atoms with Crippen LogP contribution in [0.1, 0.15) is 0 Å². The molecule has 0 bridgehead atoms. The fourth-order valence-corrected chi connectivity index (χ4v) is 1.38. The molecular formula is C10H7BrFN3O. The minimum Gasteiger partial charge on any atom is -0.423 e. The van der Waals surface area contributed by atoms with Gasteiger partial charge < -0.3 is 10.5 Å². The van der Waals surface area contributed by atoms with Gasteiger partial charge in [0.05, 0.1) is 16.9 Å². The molecule has 0 amide bonds. The highest BCUT2D eigenvalue weighted by Crippen LogP contribution is 2.29. The van der Waals surface area contributed by atoms with Gasteiger partial charge in [0.25, 0.3) is 0 Å². The highest BCUT2D eigenvalue weighted by molar-refractivity contribution is 9.10. The Morgan fingerprint density at radius 1 is 1.25 bits per heavy atom. The SMILES string of the molecule is Nc1ccc(Br)c(Oc2ncc(F)cn2)c1. The Hall–Kier alpha value is -1.69. The standard InChI is InChI=1S/C10H7BrFN3O/c11-8-2-1-7(13)3-9(8)16-10-14-4-6(12)5-15-10/h1-5H,13H2. The molecule has 0 atom stereocenters. The Morgan fingerprint density at radius 2 is 1.94 bits per heavy atom. The Labute approximate surface area is 99.4 Å². The van der Waals surface area contributed by atoms with Gasteiger partial charge in [-0.2, -0.15) is 0 Å². The molecule has 0 aliphatic carbocycles. The monoisotopic (exact) mass is 283 g/mol. The lowest BCUT2D eigenvalue weighted by Gasteiger charge is -2.06. The lowest BCUT2D eigenvalue weighted by molar-refractivity contribution is 0.434. The fourth-order valence-electron chi connectivity index (χ4n) is 1.05. The summed E-state index contributed by atoms with van der Waals surface area (Å²) in [5.74, 6) is -0.0365. The van der Waals surface area contributed by atoms with Crippen molar-refractivity contribution < 1.29 is 9.13 Å². The number of ether oxygens (including phenoxy) is 1. The summed E-state index contributed by atoms with van der Waals surface area (Å²) >= 11 is 3.29. The van der Waals surface area contributed by atoms with E-state index in [1.165, 1.54) is 0 Å². The van der Waals surface area contributed by atoms with Crippen LogP contribution in [0.5, 0.6) is 11.8 Å². The normalized spacial score (nSPS) is 10.1. The summed E-state index contributed by atoms with van der Waals surface area (Å²) in [6.45, 7) is 0. The van der Waals surface area contributed by atoms with E-state index in [1.54, 1.807) is 18.2 Å². The molecule has 0 aliphatic rings. The molecule has 1 heterocycles. The smallest absolute Gasteiger partial charge is 0.322 e. The third-order valence-electron chi connectivity index (χ3n) is 1.75. The number of aromatic nitrogens is 2. The van der Waals surface area contributed by atoms with Crippen molar-refractivity contribution in [3.8, 4) is 11.8 Å². The molecule has 16 heavy (non-hydrogen) atoms. The third-order valence-corrected chi connectivity index (χ3v) is 2.41. The van der Waals surface area contributed by atoms with Crippen LogP contribution < -0.4 is 10.5 Å². The van der Waals surface area contributed by atoms with Gasteiger partial charge in [-0.05, 0) is 28.1 Å². The molecular weight excluding hydrogens is 277 g/mol. The average Bonchev–Trinajstić information content (AvgIpc) is 2.27. The van der Waals surface area contributed by atoms with Gasteiger partial charge in [-0.25, -0.2) is 14.4 Å². The first kappa shape index (κ1) is 10.8. The van der Waals surface area contributed by atoms with Gasteiger partial charge in [-0.1, -0.05) is 0 Å². The molecule has 1 aromatic carbocycles. The summed E-state index contributed by atoms with van der Waals surface area (Å²) in [5, 5.41) is 0. The molecule has 2 N–H and O–H groups in total. The number of anilines is 1. The first-order valence-corrected chi connectivity index (χ1v) is 5.15. The van der Waals surface area contributed by atoms with Gasteiger partial charge in [-0.15, -0.1) is 0 Å². The van der Waals surface area contributed by atoms with Crippen molar-refractivity contribution in [2.75, 3.05) is 5.73 Å². The molecule has 4 nitrogen and oxygen atoms in total. The van der Waals surface area contributed by atoms with Gasteiger partial charge in [0, 0.05) is 11.8 Å². The number of nitrogens with two attached hydrogens (primary N) is 1. The predicted octanol–water partition coefficient (Wildman–Crippen LogP) is 2.75. The molecule has 0 radical (unpaired) electrons. The largest absolute Gasteiger partial charge is 0.423 e. The van der Waals surface area contributed by atoms with Crippen molar-refractivity contribution in [1.29, 1.82) is 0 Å². The Kier molecular flexibility index (Phi) is 3.00. The number of rotatable bonds is 2. The molecule has 1 aromatic heterocycles. The molecule has 0 fully saturated rings. The third kappa shape index (κ3) is 2.46. The van der Waals surface area contributed by atoms with Crippen LogP contribution in [-0.4, -0.2) is 9.97 Å². The molecule has 6 heteroatoms. The van der Waals surface area contributed by atoms with Crippen molar-refractivity contribution in [2.24, 2.45) is 0 Å². The maximum atomic E-state index is 12.6. The molecule has 0 spiro atoms. The summed E-state index contributed by atoms with van der Waals surface area (Å²) < 4.78 is 18.6. The molecule has 2 rings (SSSR count). The highest BCUT2D eigenvalue weighted by atomic mass is 79.9. The number of hydrogen-bond donors (Lipinski definition) is 1. The summed E-state index contributed by atoms with van der Waals surface area (Å²) in [5.41, 5.74) is 6.16. The summed E-state index contributed by atoms with van der Waals surface area (Å²) in [7, 11) is 0. The van der Waals surface area contributed by atoms with Crippen molar-refractivity contribution in [2.45, 2.75) is 0 Å². The van der Waals surface area contributed by atoms with E-state index in [0.29, 0.717) is 11.4 Å². The average molecular weight is 284 g/mol. The number of nitrogen functional groups attached to an aromatic ring is 1. The Balaban J connectivity index is 2.26. The first-order valence-electron chi connectivity index (χ1n) is 4.35. The van der Waals surface area contributed by atoms with E-state index >= 15 is 0 Å². The molecule has 0 saturated carbocycles. The lowest BCUT2D eigenvalue weighted by Crippen LogP contribution is -1.94. The minimum absolute atomic E-state index is 0.0627. The van der Waals surface area contributed by atoms with Gasteiger partial charge in [-0.3, -0.25) is 0 Å². The van der Waals surface area contributed by atoms with Crippen LogP contribution in [0.3, 0.4) is 0 Å². The van der Waals surface area contributed by atoms with Crippen LogP contribution in [-0.2, 0) is 0 Å². The quantitative estimate of drug-likeness (QED) is 0.861. The fraction of sp³-hybridized carbons (Fsp3) is 0. The van der Waals surface area contributed by atoms with E-state index in [0.717, 1.165) is 16.9 Å². The van der Waals surface area contributed by atoms with Crippen molar-refractivity contribution in [1.82, 2.24) is 9.97 Å². The zero-order valence-corrected chi connectivity index (χ0v) is 9.61. The second-order valence-electron chi connectivity index (χ2n) is 2.98. The van der Waals surface area contributed by atoms with Crippen LogP contribution in [0.15, 0.2) is 35.1 Å². The Morgan fingerprint density at radius 3 is 2.62 bits per heavy atom. The van der Waals surface area contributed by atoms with E-state index in [2.05, 4.69) is 25.9 Å². The van der Waals surface area contributed by atoms with Gasteiger partial charge in [0.15, 0.2) is 5.82 Å². The van der Waals surface area contributed by atoms with Crippen molar-refractivity contribution >= 4 is 21.6 Å². The van der Waals surface area contributed by atoms with Gasteiger partial charge >= 0.3 is 6.01 Å². The van der Waals surface area contributed by atoms with Crippen LogP contribution >= 0.6 is 15.9 Å². The lowest BCUT2D eigenvalue weighted by atomic mass is 10.3. The summed E-state index contributed by atoms with van der Waals surface area (Å²) in [6, 6.07) is 5.15. The number of benzene rings is 1. The zero-order valence-electron chi connectivity index (χ0n) is 8.02. The molecule has 82 valence electrons. The first-order chi connectivity index (χ1) is 7.65. The van der Waals surface area contributed by atoms with E-state index < -0.39 is 5.82 Å². The second-order valence-corrected chi connectivity index (χ2v) is 3.83. The zero-order chi connectivity index (χ0) is 11.5. The maximum absolute atomic E-state index is 12.6. The van der Waals surface area contributed by atoms with Crippen LogP contribution in [0.2, 0.25) is 0 Å². The topological polar surface area (TPSA) is 61.0 Å². The number of halogens is 2. The van der Waals surface area contributed by atoms with Crippen LogP contribution in [0.25, 0.3) is 0 Å². The summed E-state index contributed by atoms with van der Waals surface area (Å²) in [6.07, 6.45) is 2.06. The van der Waals surface area contributed by atoms with Crippen molar-refractivity contribution in [3.05, 3.63) is 40.9 Å². The number of nitrogens with zero attached hydrogens (tertiary/aromatic N) is 2. The number of hydrogen-bond acceptors (Lipinski definition) is 4. The summed E-state index contributed by atoms with van der Waals surface area (Å²) in [4.78, 5) is 7.35. The molecule has 0 saturated heterocycles. The van der Waals surface area contributed by atoms with E-state index in [9.17, 15) is 4.39 Å².